The van der Waals surface area contributed by atoms with Crippen molar-refractivity contribution in [2.24, 2.45) is 0 Å². The fourth-order valence-corrected chi connectivity index (χ4v) is 3.20. The van der Waals surface area contributed by atoms with Crippen LogP contribution in [-0.4, -0.2) is 25.2 Å². The first kappa shape index (κ1) is 19.7. The van der Waals surface area contributed by atoms with Crippen LogP contribution in [0.2, 0.25) is 0 Å². The lowest BCUT2D eigenvalue weighted by Gasteiger charge is -2.18. The molecule has 0 spiro atoms. The van der Waals surface area contributed by atoms with Gasteiger partial charge in [-0.2, -0.15) is 0 Å². The van der Waals surface area contributed by atoms with Crippen molar-refractivity contribution in [3.05, 3.63) is 71.8 Å². The van der Waals surface area contributed by atoms with Gasteiger partial charge in [-0.3, -0.25) is 4.79 Å². The Balaban J connectivity index is 1.51. The summed E-state index contributed by atoms with van der Waals surface area (Å²) in [5.74, 6) is 1.40. The summed E-state index contributed by atoms with van der Waals surface area (Å²) in [5, 5.41) is 5.15. The molecular weight excluding hydrogens is 350 g/mol. The van der Waals surface area contributed by atoms with E-state index in [0.717, 1.165) is 27.6 Å². The summed E-state index contributed by atoms with van der Waals surface area (Å²) >= 11 is 0. The molecule has 1 N–H and O–H groups in total. The van der Waals surface area contributed by atoms with Gasteiger partial charge in [0, 0.05) is 0 Å². The molecule has 0 bridgehead atoms. The van der Waals surface area contributed by atoms with E-state index in [4.69, 9.17) is 9.47 Å². The molecule has 3 aromatic rings. The second-order valence-electron chi connectivity index (χ2n) is 6.99. The van der Waals surface area contributed by atoms with E-state index in [-0.39, 0.29) is 5.91 Å². The Morgan fingerprint density at radius 2 is 1.64 bits per heavy atom. The van der Waals surface area contributed by atoms with Crippen molar-refractivity contribution in [2.75, 3.05) is 13.2 Å². The van der Waals surface area contributed by atoms with Crippen LogP contribution in [0.5, 0.6) is 11.5 Å². The van der Waals surface area contributed by atoms with Gasteiger partial charge in [0.05, 0.1) is 6.54 Å². The molecule has 1 amide bonds. The van der Waals surface area contributed by atoms with Gasteiger partial charge in [-0.15, -0.1) is 0 Å². The second kappa shape index (κ2) is 9.27. The van der Waals surface area contributed by atoms with Crippen LogP contribution < -0.4 is 14.8 Å². The van der Waals surface area contributed by atoms with E-state index in [2.05, 4.69) is 17.4 Å². The average molecular weight is 377 g/mol. The highest BCUT2D eigenvalue weighted by atomic mass is 16.5. The molecule has 0 fully saturated rings. The summed E-state index contributed by atoms with van der Waals surface area (Å²) < 4.78 is 11.7. The van der Waals surface area contributed by atoms with Gasteiger partial charge in [0.25, 0.3) is 5.91 Å². The number of hydrogen-bond donors (Lipinski definition) is 1. The largest absolute Gasteiger partial charge is 0.492 e. The van der Waals surface area contributed by atoms with Crippen LogP contribution in [-0.2, 0) is 4.79 Å². The smallest absolute Gasteiger partial charge is 0.261 e. The van der Waals surface area contributed by atoms with E-state index >= 15 is 0 Å². The third-order valence-corrected chi connectivity index (χ3v) is 4.53. The van der Waals surface area contributed by atoms with Crippen molar-refractivity contribution in [1.82, 2.24) is 5.32 Å². The van der Waals surface area contributed by atoms with Gasteiger partial charge < -0.3 is 14.8 Å². The zero-order chi connectivity index (χ0) is 19.9. The molecule has 146 valence electrons. The van der Waals surface area contributed by atoms with Crippen molar-refractivity contribution in [3.8, 4) is 11.5 Å². The van der Waals surface area contributed by atoms with Crippen molar-refractivity contribution in [3.63, 3.8) is 0 Å². The molecule has 0 saturated carbocycles. The summed E-state index contributed by atoms with van der Waals surface area (Å²) in [4.78, 5) is 12.5. The highest BCUT2D eigenvalue weighted by molar-refractivity contribution is 5.84. The van der Waals surface area contributed by atoms with Crippen LogP contribution in [0.15, 0.2) is 60.7 Å². The van der Waals surface area contributed by atoms with E-state index < -0.39 is 6.10 Å². The number of carbonyl (C=O) groups is 1. The molecular formula is C24H27NO3. The Bertz CT molecular complexity index is 931. The van der Waals surface area contributed by atoms with Crippen LogP contribution in [0.1, 0.15) is 24.5 Å². The zero-order valence-corrected chi connectivity index (χ0v) is 16.7. The number of carbonyl (C=O) groups excluding carboxylic acids is 1. The van der Waals surface area contributed by atoms with Gasteiger partial charge in [0.1, 0.15) is 18.1 Å². The lowest BCUT2D eigenvalue weighted by atomic mass is 10.1. The van der Waals surface area contributed by atoms with Gasteiger partial charge in [0.15, 0.2) is 6.10 Å². The van der Waals surface area contributed by atoms with Crippen molar-refractivity contribution < 1.29 is 14.3 Å². The SMILES string of the molecule is CCC(Oc1ccc2ccccc2c1)C(=O)NCCOc1cc(C)cc(C)c1. The Morgan fingerprint density at radius 3 is 2.36 bits per heavy atom. The standard InChI is InChI=1S/C24H27NO3/c1-4-23(28-21-10-9-19-7-5-6-8-20(19)16-21)24(26)25-11-12-27-22-14-17(2)13-18(3)15-22/h5-10,13-16,23H,4,11-12H2,1-3H3,(H,25,26). The molecule has 0 aliphatic carbocycles. The topological polar surface area (TPSA) is 47.6 Å². The molecule has 0 saturated heterocycles. The van der Waals surface area contributed by atoms with Crippen LogP contribution >= 0.6 is 0 Å². The number of rotatable bonds is 8. The number of aryl methyl sites for hydroxylation is 2. The van der Waals surface area contributed by atoms with Gasteiger partial charge in [0.2, 0.25) is 0 Å². The average Bonchev–Trinajstić information content (AvgIpc) is 2.68. The van der Waals surface area contributed by atoms with E-state index in [9.17, 15) is 4.79 Å². The highest BCUT2D eigenvalue weighted by Gasteiger charge is 2.18. The number of amides is 1. The van der Waals surface area contributed by atoms with Gasteiger partial charge >= 0.3 is 0 Å². The summed E-state index contributed by atoms with van der Waals surface area (Å²) in [6.07, 6.45) is 0.0683. The van der Waals surface area contributed by atoms with Gasteiger partial charge in [-0.05, 0) is 66.4 Å². The quantitative estimate of drug-likeness (QED) is 0.573. The van der Waals surface area contributed by atoms with E-state index in [0.29, 0.717) is 25.3 Å². The Labute approximate surface area is 166 Å². The molecule has 4 nitrogen and oxygen atoms in total. The van der Waals surface area contributed by atoms with E-state index in [1.54, 1.807) is 0 Å². The van der Waals surface area contributed by atoms with Crippen LogP contribution in [0.3, 0.4) is 0 Å². The van der Waals surface area contributed by atoms with Gasteiger partial charge in [-0.1, -0.05) is 43.3 Å². The van der Waals surface area contributed by atoms with Crippen molar-refractivity contribution in [2.45, 2.75) is 33.3 Å². The maximum absolute atomic E-state index is 12.5. The summed E-state index contributed by atoms with van der Waals surface area (Å²) in [6, 6.07) is 20.1. The minimum absolute atomic E-state index is 0.125. The highest BCUT2D eigenvalue weighted by Crippen LogP contribution is 2.22. The molecule has 0 aliphatic heterocycles. The first-order valence-electron chi connectivity index (χ1n) is 9.69. The first-order chi connectivity index (χ1) is 13.5. The molecule has 3 aromatic carbocycles. The summed E-state index contributed by atoms with van der Waals surface area (Å²) in [7, 11) is 0. The number of benzene rings is 3. The predicted octanol–water partition coefficient (Wildman–Crippen LogP) is 4.81. The molecule has 0 heterocycles. The number of nitrogens with one attached hydrogen (secondary N) is 1. The molecule has 1 atom stereocenters. The Hall–Kier alpha value is -3.01. The minimum atomic E-state index is -0.526. The zero-order valence-electron chi connectivity index (χ0n) is 16.7. The molecule has 4 heteroatoms. The first-order valence-corrected chi connectivity index (χ1v) is 9.69. The molecule has 28 heavy (non-hydrogen) atoms. The minimum Gasteiger partial charge on any atom is -0.492 e. The third kappa shape index (κ3) is 5.26. The summed E-state index contributed by atoms with van der Waals surface area (Å²) in [6.45, 7) is 6.87. The number of hydrogen-bond acceptors (Lipinski definition) is 3. The molecule has 0 aromatic heterocycles. The fourth-order valence-electron chi connectivity index (χ4n) is 3.20. The predicted molar refractivity (Wildman–Crippen MR) is 113 cm³/mol. The maximum Gasteiger partial charge on any atom is 0.261 e. The maximum atomic E-state index is 12.5. The van der Waals surface area contributed by atoms with Crippen LogP contribution in [0.4, 0.5) is 0 Å². The monoisotopic (exact) mass is 377 g/mol. The summed E-state index contributed by atoms with van der Waals surface area (Å²) in [5.41, 5.74) is 2.32. The third-order valence-electron chi connectivity index (χ3n) is 4.53. The van der Waals surface area contributed by atoms with Gasteiger partial charge in [-0.25, -0.2) is 0 Å². The molecule has 0 aliphatic rings. The number of fused-ring (bicyclic) bond motifs is 1. The Kier molecular flexibility index (Phi) is 6.53. The fraction of sp³-hybridized carbons (Fsp3) is 0.292. The van der Waals surface area contributed by atoms with E-state index in [1.165, 1.54) is 0 Å². The van der Waals surface area contributed by atoms with Crippen molar-refractivity contribution >= 4 is 16.7 Å². The molecule has 0 radical (unpaired) electrons. The number of ether oxygens (including phenoxy) is 2. The van der Waals surface area contributed by atoms with Crippen LogP contribution in [0, 0.1) is 13.8 Å². The normalized spacial score (nSPS) is 11.8. The van der Waals surface area contributed by atoms with Crippen LogP contribution in [0.25, 0.3) is 10.8 Å². The van der Waals surface area contributed by atoms with E-state index in [1.807, 2.05) is 69.3 Å². The molecule has 3 rings (SSSR count). The van der Waals surface area contributed by atoms with Crippen molar-refractivity contribution in [1.29, 1.82) is 0 Å². The lowest BCUT2D eigenvalue weighted by molar-refractivity contribution is -0.128. The lowest BCUT2D eigenvalue weighted by Crippen LogP contribution is -2.39. The Morgan fingerprint density at radius 1 is 0.929 bits per heavy atom. The molecule has 1 unspecified atom stereocenters. The second-order valence-corrected chi connectivity index (χ2v) is 6.99.